The fourth-order valence-electron chi connectivity index (χ4n) is 8.45. The molecule has 0 spiro atoms. The number of rotatable bonds is 4. The summed E-state index contributed by atoms with van der Waals surface area (Å²) in [5.74, 6) is 1.77. The molecular weight excluding hydrogens is 404 g/mol. The number of hydrogen-bond acceptors (Lipinski definition) is 6. The largest absolute Gasteiger partial charge is 0.469 e. The molecule has 0 aromatic heterocycles. The maximum atomic E-state index is 11.7. The van der Waals surface area contributed by atoms with Gasteiger partial charge in [-0.05, 0) is 86.4 Å². The molecule has 0 unspecified atom stereocenters. The maximum absolute atomic E-state index is 11.7. The van der Waals surface area contributed by atoms with Crippen LogP contribution in [0.4, 0.5) is 0 Å². The molecule has 8 atom stereocenters. The van der Waals surface area contributed by atoms with Crippen molar-refractivity contribution in [2.45, 2.75) is 78.6 Å². The van der Waals surface area contributed by atoms with E-state index in [1.807, 2.05) is 0 Å². The van der Waals surface area contributed by atoms with Crippen LogP contribution in [0.5, 0.6) is 0 Å². The van der Waals surface area contributed by atoms with Gasteiger partial charge in [-0.1, -0.05) is 43.2 Å². The number of methoxy groups -OCH3 is 1. The van der Waals surface area contributed by atoms with Crippen molar-refractivity contribution in [3.05, 3.63) is 12.2 Å². The molecule has 2 N–H and O–H groups in total. The number of hydrogen-bond donors (Lipinski definition) is 2. The van der Waals surface area contributed by atoms with Crippen molar-refractivity contribution in [3.8, 4) is 0 Å². The van der Waals surface area contributed by atoms with Crippen molar-refractivity contribution >= 4 is 17.4 Å². The van der Waals surface area contributed by atoms with E-state index in [-0.39, 0.29) is 22.7 Å². The first-order valence-corrected chi connectivity index (χ1v) is 12.4. The van der Waals surface area contributed by atoms with Gasteiger partial charge < -0.3 is 15.2 Å². The van der Waals surface area contributed by atoms with Gasteiger partial charge in [0.2, 0.25) is 0 Å². The van der Waals surface area contributed by atoms with Crippen molar-refractivity contribution in [1.82, 2.24) is 0 Å². The summed E-state index contributed by atoms with van der Waals surface area (Å²) >= 11 is 0. The van der Waals surface area contributed by atoms with Crippen molar-refractivity contribution in [3.63, 3.8) is 0 Å². The second kappa shape index (κ2) is 8.49. The van der Waals surface area contributed by atoms with E-state index >= 15 is 0 Å². The Morgan fingerprint density at radius 3 is 2.59 bits per heavy atom. The monoisotopic (exact) mass is 444 g/mol. The Morgan fingerprint density at radius 2 is 1.94 bits per heavy atom. The van der Waals surface area contributed by atoms with Crippen LogP contribution in [-0.4, -0.2) is 34.9 Å². The predicted molar refractivity (Wildman–Crippen MR) is 124 cm³/mol. The number of nitrogens with zero attached hydrogens (tertiary/aromatic N) is 2. The molecule has 4 aliphatic carbocycles. The van der Waals surface area contributed by atoms with Gasteiger partial charge in [0.15, 0.2) is 0 Å². The normalized spacial score (nSPS) is 44.6. The minimum atomic E-state index is -0.247. The lowest BCUT2D eigenvalue weighted by Gasteiger charge is -2.60. The second-order valence-electron chi connectivity index (χ2n) is 11.5. The molecule has 0 radical (unpaired) electrons. The van der Waals surface area contributed by atoms with Crippen molar-refractivity contribution in [2.75, 3.05) is 7.11 Å². The summed E-state index contributed by atoms with van der Waals surface area (Å²) in [7, 11) is 1.44. The number of carbonyl (C=O) groups is 1. The van der Waals surface area contributed by atoms with Crippen LogP contribution in [0.2, 0.25) is 0 Å². The molecule has 6 heteroatoms. The van der Waals surface area contributed by atoms with E-state index in [9.17, 15) is 15.2 Å². The zero-order valence-electron chi connectivity index (χ0n) is 20.1. The summed E-state index contributed by atoms with van der Waals surface area (Å²) in [6, 6.07) is 0. The topological polar surface area (TPSA) is 91.5 Å². The third-order valence-electron chi connectivity index (χ3n) is 10.4. The van der Waals surface area contributed by atoms with Crippen molar-refractivity contribution in [1.29, 1.82) is 0 Å². The van der Waals surface area contributed by atoms with Crippen LogP contribution in [0, 0.1) is 46.3 Å². The quantitative estimate of drug-likeness (QED) is 0.253. The fourth-order valence-corrected chi connectivity index (χ4v) is 8.45. The SMILES string of the molecule is C=C1CC[C@@]2(C)[C@@H](C1)C/C(=N/O)[C@@H]1[C@@H]2C/C(=N\O)[C@]2(C)[C@@H]([C@H](C)CCC(=O)OC)CC[C@@H]12. The summed E-state index contributed by atoms with van der Waals surface area (Å²) in [6.45, 7) is 11.2. The Hall–Kier alpha value is -1.85. The third-order valence-corrected chi connectivity index (χ3v) is 10.4. The highest BCUT2D eigenvalue weighted by Crippen LogP contribution is 2.67. The zero-order valence-corrected chi connectivity index (χ0v) is 20.1. The first-order valence-electron chi connectivity index (χ1n) is 12.4. The molecule has 6 nitrogen and oxygen atoms in total. The molecule has 4 aliphatic rings. The van der Waals surface area contributed by atoms with Crippen molar-refractivity contribution in [2.24, 2.45) is 56.6 Å². The van der Waals surface area contributed by atoms with E-state index in [0.717, 1.165) is 62.8 Å². The summed E-state index contributed by atoms with van der Waals surface area (Å²) in [5.41, 5.74) is 3.07. The summed E-state index contributed by atoms with van der Waals surface area (Å²) in [5, 5.41) is 28.1. The van der Waals surface area contributed by atoms with Gasteiger partial charge in [-0.25, -0.2) is 0 Å². The standard InChI is InChI=1S/C26H40N2O4/c1-15-10-11-25(3)17(12-15)13-21(27-30)24-19-8-7-18(16(2)6-9-23(29)32-5)26(19,4)22(28-31)14-20(24)25/h16-20,24,30-31H,1,6-14H2,2-5H3/b27-21-,28-22+/t16-,17+,18-,19+,20+,24+,25+,26-/m1/s1. The Kier molecular flexibility index (Phi) is 6.19. The Morgan fingerprint density at radius 1 is 1.19 bits per heavy atom. The first-order chi connectivity index (χ1) is 15.2. The van der Waals surface area contributed by atoms with Crippen LogP contribution < -0.4 is 0 Å². The zero-order chi connectivity index (χ0) is 23.3. The molecule has 4 saturated carbocycles. The number of allylic oxidation sites excluding steroid dienone is 1. The molecule has 0 heterocycles. The maximum Gasteiger partial charge on any atom is 0.305 e. The van der Waals surface area contributed by atoms with Gasteiger partial charge in [-0.3, -0.25) is 4.79 Å². The summed E-state index contributed by atoms with van der Waals surface area (Å²) < 4.78 is 4.85. The third kappa shape index (κ3) is 3.40. The lowest BCUT2D eigenvalue weighted by atomic mass is 9.43. The highest BCUT2D eigenvalue weighted by Gasteiger charge is 2.64. The fraction of sp³-hybridized carbons (Fsp3) is 0.808. The predicted octanol–water partition coefficient (Wildman–Crippen LogP) is 5.67. The van der Waals surface area contributed by atoms with Crippen LogP contribution in [0.1, 0.15) is 78.6 Å². The minimum Gasteiger partial charge on any atom is -0.469 e. The van der Waals surface area contributed by atoms with Gasteiger partial charge in [-0.15, -0.1) is 0 Å². The Balaban J connectivity index is 1.68. The van der Waals surface area contributed by atoms with Crippen molar-refractivity contribution < 1.29 is 19.9 Å². The molecule has 0 aliphatic heterocycles. The number of fused-ring (bicyclic) bond motifs is 5. The van der Waals surface area contributed by atoms with Gasteiger partial charge in [0.1, 0.15) is 0 Å². The van der Waals surface area contributed by atoms with E-state index in [1.54, 1.807) is 0 Å². The molecule has 32 heavy (non-hydrogen) atoms. The van der Waals surface area contributed by atoms with Gasteiger partial charge in [0, 0.05) is 17.8 Å². The molecule has 0 amide bonds. The minimum absolute atomic E-state index is 0.145. The Bertz CT molecular complexity index is 836. The van der Waals surface area contributed by atoms with E-state index in [4.69, 9.17) is 4.74 Å². The Labute approximate surface area is 192 Å². The number of oxime groups is 2. The molecule has 178 valence electrons. The van der Waals surface area contributed by atoms with E-state index in [2.05, 4.69) is 37.7 Å². The molecule has 0 aromatic carbocycles. The number of esters is 1. The van der Waals surface area contributed by atoms with Gasteiger partial charge >= 0.3 is 5.97 Å². The smallest absolute Gasteiger partial charge is 0.305 e. The van der Waals surface area contributed by atoms with Gasteiger partial charge in [0.25, 0.3) is 0 Å². The molecule has 0 aromatic rings. The molecule has 4 rings (SSSR count). The lowest BCUT2D eigenvalue weighted by Crippen LogP contribution is -2.59. The van der Waals surface area contributed by atoms with E-state index in [1.165, 1.54) is 12.7 Å². The van der Waals surface area contributed by atoms with Gasteiger partial charge in [0.05, 0.1) is 18.5 Å². The second-order valence-corrected chi connectivity index (χ2v) is 11.5. The summed E-state index contributed by atoms with van der Waals surface area (Å²) in [4.78, 5) is 11.7. The molecule has 0 bridgehead atoms. The highest BCUT2D eigenvalue weighted by atomic mass is 16.5. The van der Waals surface area contributed by atoms with Crippen LogP contribution in [0.3, 0.4) is 0 Å². The van der Waals surface area contributed by atoms with E-state index < -0.39 is 0 Å². The average molecular weight is 445 g/mol. The average Bonchev–Trinajstić information content (AvgIpc) is 3.14. The lowest BCUT2D eigenvalue weighted by molar-refractivity contribution is -0.141. The van der Waals surface area contributed by atoms with Gasteiger partial charge in [-0.2, -0.15) is 0 Å². The number of carbonyl (C=O) groups excluding carboxylic acids is 1. The molecule has 0 saturated heterocycles. The number of ether oxygens (including phenoxy) is 1. The molecule has 4 fully saturated rings. The summed E-state index contributed by atoms with van der Waals surface area (Å²) in [6.07, 6.45) is 8.03. The van der Waals surface area contributed by atoms with Crippen LogP contribution >= 0.6 is 0 Å². The first kappa shape index (κ1) is 23.3. The van der Waals surface area contributed by atoms with Crippen LogP contribution in [0.25, 0.3) is 0 Å². The molecular formula is C26H40N2O4. The van der Waals surface area contributed by atoms with E-state index in [0.29, 0.717) is 36.0 Å². The highest BCUT2D eigenvalue weighted by molar-refractivity contribution is 5.96. The van der Waals surface area contributed by atoms with Crippen LogP contribution in [0.15, 0.2) is 22.5 Å². The van der Waals surface area contributed by atoms with Crippen LogP contribution in [-0.2, 0) is 9.53 Å².